The normalized spacial score (nSPS) is 22.4. The first-order valence-corrected chi connectivity index (χ1v) is 6.57. The Balaban J connectivity index is 2.04. The van der Waals surface area contributed by atoms with Crippen molar-refractivity contribution in [3.8, 4) is 0 Å². The number of nitrogens with one attached hydrogen (secondary N) is 1. The second-order valence-corrected chi connectivity index (χ2v) is 5.96. The fourth-order valence-corrected chi connectivity index (χ4v) is 2.61. The van der Waals surface area contributed by atoms with Gasteiger partial charge in [0.05, 0.1) is 12.4 Å². The highest BCUT2D eigenvalue weighted by molar-refractivity contribution is 9.10. The third-order valence-corrected chi connectivity index (χ3v) is 3.85. The number of carbonyl (C=O) groups excluding carboxylic acids is 1. The maximum absolute atomic E-state index is 12.1. The molecule has 1 fully saturated rings. The van der Waals surface area contributed by atoms with Crippen LogP contribution in [0.25, 0.3) is 0 Å². The van der Waals surface area contributed by atoms with Crippen molar-refractivity contribution in [2.45, 2.75) is 33.1 Å². The van der Waals surface area contributed by atoms with Crippen molar-refractivity contribution in [3.05, 3.63) is 17.0 Å². The van der Waals surface area contributed by atoms with E-state index >= 15 is 0 Å². The lowest BCUT2D eigenvalue weighted by Crippen LogP contribution is -2.31. The molecule has 5 heteroatoms. The summed E-state index contributed by atoms with van der Waals surface area (Å²) in [5, 5.41) is 2.83. The molecule has 0 aliphatic heterocycles. The smallest absolute Gasteiger partial charge is 0.229 e. The molecule has 0 radical (unpaired) electrons. The van der Waals surface area contributed by atoms with Gasteiger partial charge in [-0.1, -0.05) is 20.3 Å². The first-order chi connectivity index (χ1) is 7.99. The predicted octanol–water partition coefficient (Wildman–Crippen LogP) is 3.00. The van der Waals surface area contributed by atoms with Crippen LogP contribution in [0.4, 0.5) is 5.82 Å². The van der Waals surface area contributed by atoms with E-state index in [1.165, 1.54) is 0 Å². The SMILES string of the molecule is CC1(C)CCCC1C(=O)Nc1cnc(Br)cn1. The quantitative estimate of drug-likeness (QED) is 0.913. The van der Waals surface area contributed by atoms with Crippen molar-refractivity contribution >= 4 is 27.7 Å². The Hall–Kier alpha value is -0.970. The Bertz CT molecular complexity index is 416. The Labute approximate surface area is 109 Å². The number of anilines is 1. The number of hydrogen-bond donors (Lipinski definition) is 1. The van der Waals surface area contributed by atoms with E-state index in [0.717, 1.165) is 19.3 Å². The van der Waals surface area contributed by atoms with Crippen LogP contribution in [0.2, 0.25) is 0 Å². The van der Waals surface area contributed by atoms with Crippen LogP contribution in [-0.2, 0) is 4.79 Å². The Kier molecular flexibility index (Phi) is 3.47. The Morgan fingerprint density at radius 1 is 1.47 bits per heavy atom. The summed E-state index contributed by atoms with van der Waals surface area (Å²) in [6.45, 7) is 4.30. The van der Waals surface area contributed by atoms with Crippen LogP contribution in [0.3, 0.4) is 0 Å². The average Bonchev–Trinajstić information content (AvgIpc) is 2.61. The zero-order valence-corrected chi connectivity index (χ0v) is 11.6. The lowest BCUT2D eigenvalue weighted by molar-refractivity contribution is -0.122. The summed E-state index contributed by atoms with van der Waals surface area (Å²) in [5.74, 6) is 0.651. The molecule has 1 heterocycles. The monoisotopic (exact) mass is 297 g/mol. The van der Waals surface area contributed by atoms with Crippen LogP contribution >= 0.6 is 15.9 Å². The van der Waals surface area contributed by atoms with E-state index in [9.17, 15) is 4.79 Å². The highest BCUT2D eigenvalue weighted by Crippen LogP contribution is 2.42. The van der Waals surface area contributed by atoms with Crippen LogP contribution in [-0.4, -0.2) is 15.9 Å². The molecular weight excluding hydrogens is 282 g/mol. The van der Waals surface area contributed by atoms with Crippen molar-refractivity contribution < 1.29 is 4.79 Å². The fraction of sp³-hybridized carbons (Fsp3) is 0.583. The van der Waals surface area contributed by atoms with Gasteiger partial charge in [-0.2, -0.15) is 0 Å². The van der Waals surface area contributed by atoms with Gasteiger partial charge in [-0.15, -0.1) is 0 Å². The molecule has 1 aliphatic rings. The van der Waals surface area contributed by atoms with Crippen molar-refractivity contribution in [1.82, 2.24) is 9.97 Å². The predicted molar refractivity (Wildman–Crippen MR) is 69.5 cm³/mol. The molecule has 4 nitrogen and oxygen atoms in total. The van der Waals surface area contributed by atoms with Gasteiger partial charge in [-0.25, -0.2) is 9.97 Å². The average molecular weight is 298 g/mol. The molecule has 92 valence electrons. The van der Waals surface area contributed by atoms with Gasteiger partial charge in [0.25, 0.3) is 0 Å². The number of halogens is 1. The van der Waals surface area contributed by atoms with E-state index in [1.807, 2.05) is 0 Å². The van der Waals surface area contributed by atoms with Gasteiger partial charge in [0.15, 0.2) is 5.82 Å². The van der Waals surface area contributed by atoms with Crippen molar-refractivity contribution in [2.75, 3.05) is 5.32 Å². The zero-order valence-electron chi connectivity index (χ0n) is 10.0. The topological polar surface area (TPSA) is 54.9 Å². The van der Waals surface area contributed by atoms with Crippen LogP contribution in [0.1, 0.15) is 33.1 Å². The second-order valence-electron chi connectivity index (χ2n) is 5.15. The summed E-state index contributed by atoms with van der Waals surface area (Å²) < 4.78 is 0.664. The van der Waals surface area contributed by atoms with Gasteiger partial charge in [-0.3, -0.25) is 4.79 Å². The minimum Gasteiger partial charge on any atom is -0.309 e. The van der Waals surface area contributed by atoms with Crippen LogP contribution in [0, 0.1) is 11.3 Å². The summed E-state index contributed by atoms with van der Waals surface area (Å²) in [6, 6.07) is 0. The van der Waals surface area contributed by atoms with E-state index in [-0.39, 0.29) is 17.2 Å². The van der Waals surface area contributed by atoms with Crippen molar-refractivity contribution in [2.24, 2.45) is 11.3 Å². The van der Waals surface area contributed by atoms with E-state index < -0.39 is 0 Å². The van der Waals surface area contributed by atoms with Crippen LogP contribution in [0.15, 0.2) is 17.0 Å². The maximum Gasteiger partial charge on any atom is 0.229 e. The first-order valence-electron chi connectivity index (χ1n) is 5.77. The molecule has 0 saturated heterocycles. The van der Waals surface area contributed by atoms with E-state index in [1.54, 1.807) is 12.4 Å². The Morgan fingerprint density at radius 2 is 2.24 bits per heavy atom. The summed E-state index contributed by atoms with van der Waals surface area (Å²) in [7, 11) is 0. The fourth-order valence-electron chi connectivity index (χ4n) is 2.40. The molecular formula is C12H16BrN3O. The number of aromatic nitrogens is 2. The van der Waals surface area contributed by atoms with E-state index in [4.69, 9.17) is 0 Å². The summed E-state index contributed by atoms with van der Waals surface area (Å²) >= 11 is 3.21. The lowest BCUT2D eigenvalue weighted by atomic mass is 9.81. The van der Waals surface area contributed by atoms with Gasteiger partial charge in [0.1, 0.15) is 4.60 Å². The van der Waals surface area contributed by atoms with Crippen LogP contribution in [0.5, 0.6) is 0 Å². The van der Waals surface area contributed by atoms with Gasteiger partial charge >= 0.3 is 0 Å². The maximum atomic E-state index is 12.1. The number of nitrogens with zero attached hydrogens (tertiary/aromatic N) is 2. The molecule has 0 aromatic carbocycles. The van der Waals surface area contributed by atoms with Crippen molar-refractivity contribution in [3.63, 3.8) is 0 Å². The summed E-state index contributed by atoms with van der Waals surface area (Å²) in [4.78, 5) is 20.3. The highest BCUT2D eigenvalue weighted by Gasteiger charge is 2.39. The number of carbonyl (C=O) groups is 1. The van der Waals surface area contributed by atoms with E-state index in [2.05, 4.69) is 45.1 Å². The molecule has 1 amide bonds. The Morgan fingerprint density at radius 3 is 2.76 bits per heavy atom. The van der Waals surface area contributed by atoms with Gasteiger partial charge < -0.3 is 5.32 Å². The minimum atomic E-state index is 0.0594. The zero-order chi connectivity index (χ0) is 12.5. The first kappa shape index (κ1) is 12.5. The molecule has 1 saturated carbocycles. The van der Waals surface area contributed by atoms with E-state index in [0.29, 0.717) is 10.4 Å². The number of rotatable bonds is 2. The second kappa shape index (κ2) is 4.72. The third kappa shape index (κ3) is 2.83. The lowest BCUT2D eigenvalue weighted by Gasteiger charge is -2.25. The molecule has 1 N–H and O–H groups in total. The molecule has 1 unspecified atom stereocenters. The van der Waals surface area contributed by atoms with Gasteiger partial charge in [0.2, 0.25) is 5.91 Å². The molecule has 1 aromatic heterocycles. The largest absolute Gasteiger partial charge is 0.309 e. The minimum absolute atomic E-state index is 0.0594. The van der Waals surface area contributed by atoms with Gasteiger partial charge in [-0.05, 0) is 34.2 Å². The summed E-state index contributed by atoms with van der Waals surface area (Å²) in [6.07, 6.45) is 6.33. The molecule has 0 spiro atoms. The summed E-state index contributed by atoms with van der Waals surface area (Å²) in [5.41, 5.74) is 0.0902. The standard InChI is InChI=1S/C12H16BrN3O/c1-12(2)5-3-4-8(12)11(17)16-10-7-14-9(13)6-15-10/h6-8H,3-5H2,1-2H3,(H,15,16,17). The highest BCUT2D eigenvalue weighted by atomic mass is 79.9. The molecule has 1 atom stereocenters. The molecule has 1 aliphatic carbocycles. The third-order valence-electron chi connectivity index (χ3n) is 3.45. The molecule has 0 bridgehead atoms. The molecule has 1 aromatic rings. The number of hydrogen-bond acceptors (Lipinski definition) is 3. The molecule has 17 heavy (non-hydrogen) atoms. The van der Waals surface area contributed by atoms with Crippen LogP contribution < -0.4 is 5.32 Å². The van der Waals surface area contributed by atoms with Crippen molar-refractivity contribution in [1.29, 1.82) is 0 Å². The van der Waals surface area contributed by atoms with Gasteiger partial charge in [0, 0.05) is 5.92 Å². The number of amides is 1. The molecule has 2 rings (SSSR count).